The highest BCUT2D eigenvalue weighted by atomic mass is 15.1. The summed E-state index contributed by atoms with van der Waals surface area (Å²) in [4.78, 5) is 2.40. The fraction of sp³-hybridized carbons (Fsp3) is 0.0154. The molecule has 11 rings (SSSR count). The topological polar surface area (TPSA) is 3.24 Å². The third-order valence-electron chi connectivity index (χ3n) is 13.1. The van der Waals surface area contributed by atoms with Crippen LogP contribution in [0.4, 0.5) is 17.1 Å². The summed E-state index contributed by atoms with van der Waals surface area (Å²) in [6.45, 7) is -1.05. The van der Waals surface area contributed by atoms with Gasteiger partial charge in [-0.1, -0.05) is 237 Å². The molecule has 0 aromatic heterocycles. The minimum Gasteiger partial charge on any atom is -0.309 e. The molecule has 10 aromatic carbocycles. The molecule has 0 saturated carbocycles. The molecule has 312 valence electrons. The molecule has 1 heteroatoms. The minimum atomic E-state index is -0.643. The van der Waals surface area contributed by atoms with Gasteiger partial charge < -0.3 is 4.90 Å². The van der Waals surface area contributed by atoms with Crippen LogP contribution < -0.4 is 4.90 Å². The molecule has 1 aliphatic rings. The Morgan fingerprint density at radius 3 is 1.26 bits per heavy atom. The van der Waals surface area contributed by atoms with Crippen molar-refractivity contribution >= 4 is 29.2 Å². The van der Waals surface area contributed by atoms with Gasteiger partial charge in [-0.2, -0.15) is 0 Å². The third-order valence-corrected chi connectivity index (χ3v) is 13.1. The fourth-order valence-electron chi connectivity index (χ4n) is 9.99. The maximum absolute atomic E-state index is 8.29. The van der Waals surface area contributed by atoms with E-state index in [2.05, 4.69) is 193 Å². The van der Waals surface area contributed by atoms with Gasteiger partial charge in [-0.05, 0) is 114 Å². The Bertz CT molecular complexity index is 3460. The van der Waals surface area contributed by atoms with Crippen LogP contribution in [0.2, 0.25) is 0 Å². The number of benzene rings is 10. The zero-order valence-electron chi connectivity index (χ0n) is 42.1. The van der Waals surface area contributed by atoms with Crippen LogP contribution in [-0.2, 0) is 5.41 Å². The Labute approximate surface area is 397 Å². The van der Waals surface area contributed by atoms with E-state index in [1.54, 1.807) is 0 Å². The summed E-state index contributed by atoms with van der Waals surface area (Å²) in [6, 6.07) is 86.4. The van der Waals surface area contributed by atoms with Crippen LogP contribution in [0, 0.1) is 0 Å². The van der Waals surface area contributed by atoms with Gasteiger partial charge in [0.2, 0.25) is 0 Å². The Morgan fingerprint density at radius 2 is 0.773 bits per heavy atom. The van der Waals surface area contributed by atoms with E-state index in [1.165, 1.54) is 33.4 Å². The highest BCUT2D eigenvalue weighted by molar-refractivity contribution is 5.98. The van der Waals surface area contributed by atoms with Gasteiger partial charge in [-0.25, -0.2) is 0 Å². The van der Waals surface area contributed by atoms with Crippen LogP contribution in [0.3, 0.4) is 0 Å². The van der Waals surface area contributed by atoms with Crippen LogP contribution in [0.5, 0.6) is 0 Å². The lowest BCUT2D eigenvalue weighted by Gasteiger charge is -2.35. The molecule has 0 heterocycles. The SMILES string of the molecule is [2H]C([2H])=C([2H])c1ccc(-c2ccc(N(c3ccc4c(c3)C(c3ccccc3)(c3ccccc3)c3ccccc3-4)c3ccc(-c4ccc(C([2H])=C([2H])[2H])cc4)cc3-c3ccccc3)c(-c3ccccc3)c2)cc1. The normalized spacial score (nSPS) is 13.3. The first-order valence-electron chi connectivity index (χ1n) is 25.2. The summed E-state index contributed by atoms with van der Waals surface area (Å²) in [7, 11) is 0. The molecule has 0 fully saturated rings. The second-order valence-electron chi connectivity index (χ2n) is 16.7. The first kappa shape index (κ1) is 34.0. The predicted octanol–water partition coefficient (Wildman–Crippen LogP) is 17.5. The van der Waals surface area contributed by atoms with Crippen LogP contribution in [0.25, 0.3) is 67.7 Å². The van der Waals surface area contributed by atoms with E-state index in [4.69, 9.17) is 8.22 Å². The van der Waals surface area contributed by atoms with E-state index < -0.39 is 18.5 Å². The molecule has 0 N–H and O–H groups in total. The van der Waals surface area contributed by atoms with Gasteiger partial charge in [-0.3, -0.25) is 0 Å². The molecule has 0 amide bonds. The second-order valence-corrected chi connectivity index (χ2v) is 16.7. The average Bonchev–Trinajstić information content (AvgIpc) is 3.74. The van der Waals surface area contributed by atoms with Gasteiger partial charge in [0.05, 0.1) is 25.0 Å². The Kier molecular flexibility index (Phi) is 8.86. The zero-order chi connectivity index (χ0) is 49.3. The summed E-state index contributed by atoms with van der Waals surface area (Å²) < 4.78 is 47.6. The number of nitrogens with zero attached hydrogens (tertiary/aromatic N) is 1. The average molecular weight is 848 g/mol. The molecular weight excluding hydrogens is 795 g/mol. The number of hydrogen-bond donors (Lipinski definition) is 0. The lowest BCUT2D eigenvalue weighted by Crippen LogP contribution is -2.28. The Hall–Kier alpha value is -8.52. The molecule has 0 aliphatic heterocycles. The second kappa shape index (κ2) is 17.2. The van der Waals surface area contributed by atoms with E-state index in [1.807, 2.05) is 60.7 Å². The number of anilines is 3. The summed E-state index contributed by atoms with van der Waals surface area (Å²) in [5.41, 5.74) is 18.3. The lowest BCUT2D eigenvalue weighted by atomic mass is 9.67. The summed E-state index contributed by atoms with van der Waals surface area (Å²) >= 11 is 0. The molecule has 0 atom stereocenters. The fourth-order valence-corrected chi connectivity index (χ4v) is 9.99. The van der Waals surface area contributed by atoms with Crippen molar-refractivity contribution in [3.05, 3.63) is 295 Å². The van der Waals surface area contributed by atoms with Gasteiger partial charge in [0.1, 0.15) is 0 Å². The van der Waals surface area contributed by atoms with Crippen LogP contribution in [0.1, 0.15) is 41.6 Å². The number of rotatable bonds is 11. The van der Waals surface area contributed by atoms with Gasteiger partial charge in [0.25, 0.3) is 0 Å². The van der Waals surface area contributed by atoms with Crippen molar-refractivity contribution < 1.29 is 8.22 Å². The van der Waals surface area contributed by atoms with Crippen LogP contribution in [-0.4, -0.2) is 0 Å². The van der Waals surface area contributed by atoms with E-state index >= 15 is 0 Å². The maximum Gasteiger partial charge on any atom is 0.0714 e. The molecule has 0 bridgehead atoms. The van der Waals surface area contributed by atoms with Gasteiger partial charge in [0, 0.05) is 16.8 Å². The Balaban J connectivity index is 1.19. The zero-order valence-corrected chi connectivity index (χ0v) is 36.1. The first-order valence-corrected chi connectivity index (χ1v) is 22.2. The maximum atomic E-state index is 8.29. The Morgan fingerprint density at radius 1 is 0.348 bits per heavy atom. The van der Waals surface area contributed by atoms with E-state index in [0.29, 0.717) is 11.1 Å². The largest absolute Gasteiger partial charge is 0.309 e. The van der Waals surface area contributed by atoms with E-state index in [9.17, 15) is 0 Å². The minimum absolute atomic E-state index is 0.123. The van der Waals surface area contributed by atoms with E-state index in [-0.39, 0.29) is 12.1 Å². The summed E-state index contributed by atoms with van der Waals surface area (Å²) in [6.07, 6.45) is 0. The van der Waals surface area contributed by atoms with Crippen molar-refractivity contribution in [3.8, 4) is 55.6 Å². The molecule has 10 aromatic rings. The van der Waals surface area contributed by atoms with Gasteiger partial charge in [-0.15, -0.1) is 0 Å². The van der Waals surface area contributed by atoms with Gasteiger partial charge >= 0.3 is 0 Å². The van der Waals surface area contributed by atoms with Crippen molar-refractivity contribution in [2.75, 3.05) is 4.90 Å². The molecule has 0 spiro atoms. The highest BCUT2D eigenvalue weighted by Gasteiger charge is 2.46. The van der Waals surface area contributed by atoms with Gasteiger partial charge in [0.15, 0.2) is 0 Å². The van der Waals surface area contributed by atoms with Crippen molar-refractivity contribution in [1.82, 2.24) is 0 Å². The quantitative estimate of drug-likeness (QED) is 0.125. The number of fused-ring (bicyclic) bond motifs is 3. The summed E-state index contributed by atoms with van der Waals surface area (Å²) in [5.74, 6) is 0. The van der Waals surface area contributed by atoms with Crippen molar-refractivity contribution in [2.24, 2.45) is 0 Å². The van der Waals surface area contributed by atoms with E-state index in [0.717, 1.165) is 61.6 Å². The van der Waals surface area contributed by atoms with Crippen LogP contribution in [0.15, 0.2) is 262 Å². The molecular formula is C65H47N. The monoisotopic (exact) mass is 847 g/mol. The van der Waals surface area contributed by atoms with Crippen molar-refractivity contribution in [3.63, 3.8) is 0 Å². The van der Waals surface area contributed by atoms with Crippen molar-refractivity contribution in [1.29, 1.82) is 0 Å². The lowest BCUT2D eigenvalue weighted by molar-refractivity contribution is 0.768. The number of hydrogen-bond acceptors (Lipinski definition) is 1. The molecule has 0 saturated heterocycles. The standard InChI is InChI=1S/C65H47N/c1-3-46-29-33-48(34-30-46)52-37-41-63(59(43-52)50-19-9-5-10-20-50)66(64-42-38-53(49-35-31-47(4-2)32-36-49)44-60(64)51-21-11-6-12-22-51)56-39-40-58-57-27-17-18-28-61(57)65(62(58)45-56,54-23-13-7-14-24-54)55-25-15-8-16-26-55/h3-45H,1-2H2/i1D2,2D2,3D,4D. The molecule has 66 heavy (non-hydrogen) atoms. The molecule has 1 aliphatic carbocycles. The smallest absolute Gasteiger partial charge is 0.0714 e. The molecule has 0 unspecified atom stereocenters. The van der Waals surface area contributed by atoms with Crippen LogP contribution >= 0.6 is 0 Å². The first-order chi connectivity index (χ1) is 35.2. The highest BCUT2D eigenvalue weighted by Crippen LogP contribution is 2.58. The molecule has 0 radical (unpaired) electrons. The predicted molar refractivity (Wildman–Crippen MR) is 280 cm³/mol. The third kappa shape index (κ3) is 6.99. The summed E-state index contributed by atoms with van der Waals surface area (Å²) in [5, 5.41) is 0. The molecule has 1 nitrogen and oxygen atoms in total. The van der Waals surface area contributed by atoms with Crippen molar-refractivity contribution in [2.45, 2.75) is 5.41 Å².